The van der Waals surface area contributed by atoms with Crippen molar-refractivity contribution >= 4 is 34.1 Å². The largest absolute Gasteiger partial charge is 0.357 e. The molecule has 0 spiro atoms. The molecule has 0 aromatic carbocycles. The summed E-state index contributed by atoms with van der Waals surface area (Å²) in [6, 6.07) is 9.95. The van der Waals surface area contributed by atoms with Gasteiger partial charge in [-0.1, -0.05) is 6.07 Å². The Hall–Kier alpha value is -3.26. The van der Waals surface area contributed by atoms with Crippen LogP contribution < -0.4 is 10.2 Å². The number of pyridine rings is 2. The van der Waals surface area contributed by atoms with E-state index < -0.39 is 0 Å². The van der Waals surface area contributed by atoms with Crippen LogP contribution in [0.2, 0.25) is 0 Å². The van der Waals surface area contributed by atoms with Crippen LogP contribution in [0.4, 0.5) is 5.82 Å². The molecule has 0 radical (unpaired) electrons. The van der Waals surface area contributed by atoms with Crippen LogP contribution in [0.5, 0.6) is 0 Å². The molecule has 0 bridgehead atoms. The van der Waals surface area contributed by atoms with Gasteiger partial charge in [0, 0.05) is 36.4 Å². The number of aryl methyl sites for hydroxylation is 1. The predicted octanol–water partition coefficient (Wildman–Crippen LogP) is 3.77. The summed E-state index contributed by atoms with van der Waals surface area (Å²) in [5.74, 6) is 0.868. The molecule has 4 aromatic heterocycles. The maximum atomic E-state index is 13.1. The van der Waals surface area contributed by atoms with Crippen LogP contribution in [-0.4, -0.2) is 38.7 Å². The number of carbonyl (C=O) groups excluding carboxylic acids is 1. The maximum Gasteiger partial charge on any atom is 0.252 e. The number of hydrogen-bond donors (Lipinski definition) is 1. The van der Waals surface area contributed by atoms with Gasteiger partial charge in [0.25, 0.3) is 5.91 Å². The Bertz CT molecular complexity index is 1210. The second kappa shape index (κ2) is 8.47. The van der Waals surface area contributed by atoms with Crippen molar-refractivity contribution in [1.29, 1.82) is 0 Å². The Labute approximate surface area is 184 Å². The van der Waals surface area contributed by atoms with E-state index in [9.17, 15) is 4.79 Å². The van der Waals surface area contributed by atoms with E-state index in [4.69, 9.17) is 0 Å². The molecule has 8 heteroatoms. The van der Waals surface area contributed by atoms with Crippen molar-refractivity contribution in [1.82, 2.24) is 25.1 Å². The summed E-state index contributed by atoms with van der Waals surface area (Å²) >= 11 is 1.68. The number of anilines is 1. The van der Waals surface area contributed by atoms with E-state index >= 15 is 0 Å². The Morgan fingerprint density at radius 2 is 2.10 bits per heavy atom. The van der Waals surface area contributed by atoms with Gasteiger partial charge in [-0.15, -0.1) is 11.3 Å². The van der Waals surface area contributed by atoms with Gasteiger partial charge in [0.1, 0.15) is 5.82 Å². The highest BCUT2D eigenvalue weighted by Crippen LogP contribution is 2.21. The van der Waals surface area contributed by atoms with E-state index in [1.807, 2.05) is 41.4 Å². The maximum absolute atomic E-state index is 13.1. The van der Waals surface area contributed by atoms with Crippen molar-refractivity contribution < 1.29 is 4.79 Å². The smallest absolute Gasteiger partial charge is 0.252 e. The SMILES string of the molecule is Cc1cc(C(=O)NCc2ccnc(N3CCCC3)c2)c2cnn(Cc3cccs3)c2n1. The first kappa shape index (κ1) is 19.7. The van der Waals surface area contributed by atoms with Crippen molar-refractivity contribution in [3.05, 3.63) is 69.8 Å². The molecule has 0 aliphatic carbocycles. The average Bonchev–Trinajstić information content (AvgIpc) is 3.55. The lowest BCUT2D eigenvalue weighted by molar-refractivity contribution is 0.0952. The number of carbonyl (C=O) groups is 1. The first-order valence-corrected chi connectivity index (χ1v) is 11.4. The number of nitrogens with zero attached hydrogens (tertiary/aromatic N) is 5. The van der Waals surface area contributed by atoms with Crippen molar-refractivity contribution in [2.75, 3.05) is 18.0 Å². The quantitative estimate of drug-likeness (QED) is 0.502. The molecule has 4 aromatic rings. The molecule has 0 unspecified atom stereocenters. The molecule has 1 fully saturated rings. The number of nitrogens with one attached hydrogen (secondary N) is 1. The summed E-state index contributed by atoms with van der Waals surface area (Å²) in [7, 11) is 0. The van der Waals surface area contributed by atoms with E-state index in [1.165, 1.54) is 17.7 Å². The van der Waals surface area contributed by atoms with Crippen LogP contribution >= 0.6 is 11.3 Å². The Kier molecular flexibility index (Phi) is 5.38. The van der Waals surface area contributed by atoms with E-state index in [-0.39, 0.29) is 5.91 Å². The van der Waals surface area contributed by atoms with Crippen molar-refractivity contribution in [3.8, 4) is 0 Å². The van der Waals surface area contributed by atoms with Crippen molar-refractivity contribution in [2.24, 2.45) is 0 Å². The zero-order valence-corrected chi connectivity index (χ0v) is 18.2. The lowest BCUT2D eigenvalue weighted by atomic mass is 10.1. The number of thiophene rings is 1. The van der Waals surface area contributed by atoms with Gasteiger partial charge in [0.05, 0.1) is 23.7 Å². The number of rotatable bonds is 6. The van der Waals surface area contributed by atoms with Gasteiger partial charge in [-0.3, -0.25) is 4.79 Å². The highest BCUT2D eigenvalue weighted by atomic mass is 32.1. The van der Waals surface area contributed by atoms with Crippen molar-refractivity contribution in [3.63, 3.8) is 0 Å². The molecule has 5 heterocycles. The number of aromatic nitrogens is 4. The molecule has 1 saturated heterocycles. The molecule has 31 heavy (non-hydrogen) atoms. The van der Waals surface area contributed by atoms with Gasteiger partial charge in [0.2, 0.25) is 0 Å². The molecule has 1 N–H and O–H groups in total. The first-order valence-electron chi connectivity index (χ1n) is 10.5. The lowest BCUT2D eigenvalue weighted by Crippen LogP contribution is -2.24. The molecule has 0 atom stereocenters. The summed E-state index contributed by atoms with van der Waals surface area (Å²) in [6.45, 7) is 5.10. The fourth-order valence-electron chi connectivity index (χ4n) is 3.99. The van der Waals surface area contributed by atoms with Gasteiger partial charge < -0.3 is 10.2 Å². The summed E-state index contributed by atoms with van der Waals surface area (Å²) in [5, 5.41) is 10.4. The first-order chi connectivity index (χ1) is 15.2. The van der Waals surface area contributed by atoms with Crippen LogP contribution in [0.3, 0.4) is 0 Å². The summed E-state index contributed by atoms with van der Waals surface area (Å²) in [6.07, 6.45) is 5.97. The minimum atomic E-state index is -0.120. The van der Waals surface area contributed by atoms with Gasteiger partial charge in [-0.05, 0) is 55.0 Å². The summed E-state index contributed by atoms with van der Waals surface area (Å²) in [4.78, 5) is 25.7. The zero-order chi connectivity index (χ0) is 21.2. The second-order valence-corrected chi connectivity index (χ2v) is 8.86. The topological polar surface area (TPSA) is 75.9 Å². The summed E-state index contributed by atoms with van der Waals surface area (Å²) < 4.78 is 1.86. The number of hydrogen-bond acceptors (Lipinski definition) is 6. The molecule has 0 saturated carbocycles. The molecular weight excluding hydrogens is 408 g/mol. The van der Waals surface area contributed by atoms with Crippen LogP contribution in [0.25, 0.3) is 11.0 Å². The highest BCUT2D eigenvalue weighted by molar-refractivity contribution is 7.09. The average molecular weight is 433 g/mol. The van der Waals surface area contributed by atoms with E-state index in [2.05, 4.69) is 37.4 Å². The standard InChI is InChI=1S/C23H24N6OS/c1-16-11-19(20-14-26-29(22(20)27-16)15-18-5-4-10-31-18)23(30)25-13-17-6-7-24-21(12-17)28-8-2-3-9-28/h4-7,10-12,14H,2-3,8-9,13,15H2,1H3,(H,25,30). The Morgan fingerprint density at radius 3 is 2.90 bits per heavy atom. The predicted molar refractivity (Wildman–Crippen MR) is 123 cm³/mol. The fraction of sp³-hybridized carbons (Fsp3) is 0.304. The Morgan fingerprint density at radius 1 is 1.23 bits per heavy atom. The van der Waals surface area contributed by atoms with Crippen LogP contribution in [0.1, 0.15) is 39.3 Å². The van der Waals surface area contributed by atoms with Gasteiger partial charge in [0.15, 0.2) is 5.65 Å². The van der Waals surface area contributed by atoms with E-state index in [0.29, 0.717) is 18.7 Å². The van der Waals surface area contributed by atoms with E-state index in [1.54, 1.807) is 17.5 Å². The molecule has 1 aliphatic heterocycles. The third-order valence-corrected chi connectivity index (χ3v) is 6.42. The van der Waals surface area contributed by atoms with E-state index in [0.717, 1.165) is 41.2 Å². The van der Waals surface area contributed by atoms with Gasteiger partial charge in [-0.2, -0.15) is 5.10 Å². The molecule has 158 valence electrons. The third kappa shape index (κ3) is 4.16. The van der Waals surface area contributed by atoms with Gasteiger partial charge in [-0.25, -0.2) is 14.6 Å². The third-order valence-electron chi connectivity index (χ3n) is 5.56. The number of amides is 1. The Balaban J connectivity index is 1.35. The lowest BCUT2D eigenvalue weighted by Gasteiger charge is -2.17. The molecule has 5 rings (SSSR count). The molecule has 1 aliphatic rings. The zero-order valence-electron chi connectivity index (χ0n) is 17.4. The minimum Gasteiger partial charge on any atom is -0.357 e. The van der Waals surface area contributed by atoms with Crippen LogP contribution in [0.15, 0.2) is 48.1 Å². The molecule has 1 amide bonds. The molecule has 7 nitrogen and oxygen atoms in total. The van der Waals surface area contributed by atoms with Crippen molar-refractivity contribution in [2.45, 2.75) is 32.9 Å². The second-order valence-electron chi connectivity index (χ2n) is 7.83. The summed E-state index contributed by atoms with van der Waals surface area (Å²) in [5.41, 5.74) is 3.18. The minimum absolute atomic E-state index is 0.120. The monoisotopic (exact) mass is 432 g/mol. The molecular formula is C23H24N6OS. The van der Waals surface area contributed by atoms with Crippen LogP contribution in [-0.2, 0) is 13.1 Å². The fourth-order valence-corrected chi connectivity index (χ4v) is 4.68. The van der Waals surface area contributed by atoms with Gasteiger partial charge >= 0.3 is 0 Å². The van der Waals surface area contributed by atoms with Crippen LogP contribution in [0, 0.1) is 6.92 Å². The number of fused-ring (bicyclic) bond motifs is 1. The highest BCUT2D eigenvalue weighted by Gasteiger charge is 2.17. The normalized spacial score (nSPS) is 13.8.